The Bertz CT molecular complexity index is 227. The maximum atomic E-state index is 10.7. The summed E-state index contributed by atoms with van der Waals surface area (Å²) in [7, 11) is -4.19. The SMILES string of the molecule is C=C[CH]OS(=O)(=O)C(Cl)(Cl)Cl. The van der Waals surface area contributed by atoms with Crippen LogP contribution in [0.2, 0.25) is 0 Å². The van der Waals surface area contributed by atoms with Crippen molar-refractivity contribution in [1.29, 1.82) is 0 Å². The van der Waals surface area contributed by atoms with Gasteiger partial charge < -0.3 is 0 Å². The first-order valence-electron chi connectivity index (χ1n) is 2.25. The molecular weight excluding hydrogens is 234 g/mol. The zero-order chi connectivity index (χ0) is 9.12. The summed E-state index contributed by atoms with van der Waals surface area (Å²) in [5, 5.41) is 0. The molecule has 0 aromatic carbocycles. The number of halogens is 3. The van der Waals surface area contributed by atoms with Crippen LogP contribution in [0.15, 0.2) is 12.7 Å². The molecule has 0 unspecified atom stereocenters. The quantitative estimate of drug-likeness (QED) is 0.558. The Morgan fingerprint density at radius 3 is 2.09 bits per heavy atom. The highest BCUT2D eigenvalue weighted by Gasteiger charge is 2.38. The van der Waals surface area contributed by atoms with Crippen LogP contribution in [0.3, 0.4) is 0 Å². The van der Waals surface area contributed by atoms with Crippen molar-refractivity contribution in [2.24, 2.45) is 0 Å². The maximum absolute atomic E-state index is 10.7. The second-order valence-electron chi connectivity index (χ2n) is 1.37. The fourth-order valence-corrected chi connectivity index (χ4v) is 0.828. The number of hydrogen-bond donors (Lipinski definition) is 0. The van der Waals surface area contributed by atoms with Crippen molar-refractivity contribution in [3.8, 4) is 0 Å². The molecule has 0 N–H and O–H groups in total. The topological polar surface area (TPSA) is 43.4 Å². The summed E-state index contributed by atoms with van der Waals surface area (Å²) < 4.78 is 23.0. The van der Waals surface area contributed by atoms with E-state index in [2.05, 4.69) is 10.8 Å². The van der Waals surface area contributed by atoms with Crippen LogP contribution in [-0.2, 0) is 14.3 Å². The molecule has 0 rings (SSSR count). The molecule has 7 heteroatoms. The first kappa shape index (κ1) is 11.5. The molecule has 0 atom stereocenters. The lowest BCUT2D eigenvalue weighted by atomic mass is 10.7. The Hall–Kier alpha value is 0.520. The van der Waals surface area contributed by atoms with E-state index in [1.165, 1.54) is 0 Å². The van der Waals surface area contributed by atoms with Crippen LogP contribution in [0.5, 0.6) is 0 Å². The third-order valence-electron chi connectivity index (χ3n) is 0.562. The van der Waals surface area contributed by atoms with Crippen molar-refractivity contribution in [2.45, 2.75) is 3.12 Å². The Balaban J connectivity index is 4.37. The van der Waals surface area contributed by atoms with Gasteiger partial charge in [0.05, 0.1) is 0 Å². The molecule has 0 amide bonds. The minimum Gasteiger partial charge on any atom is -0.256 e. The second-order valence-corrected chi connectivity index (χ2v) is 6.03. The van der Waals surface area contributed by atoms with Crippen molar-refractivity contribution in [2.75, 3.05) is 0 Å². The van der Waals surface area contributed by atoms with Gasteiger partial charge in [0.15, 0.2) is 0 Å². The molecule has 65 valence electrons. The molecule has 0 heterocycles. The Morgan fingerprint density at radius 1 is 1.36 bits per heavy atom. The predicted octanol–water partition coefficient (Wildman–Crippen LogP) is 2.01. The zero-order valence-corrected chi connectivity index (χ0v) is 8.21. The summed E-state index contributed by atoms with van der Waals surface area (Å²) in [6, 6.07) is 0. The Morgan fingerprint density at radius 2 is 1.82 bits per heavy atom. The van der Waals surface area contributed by atoms with E-state index >= 15 is 0 Å². The molecule has 0 spiro atoms. The predicted molar refractivity (Wildman–Crippen MR) is 44.8 cm³/mol. The normalized spacial score (nSPS) is 13.0. The van der Waals surface area contributed by atoms with Crippen molar-refractivity contribution < 1.29 is 12.6 Å². The van der Waals surface area contributed by atoms with Crippen LogP contribution in [0, 0.1) is 6.61 Å². The molecule has 3 nitrogen and oxygen atoms in total. The molecule has 0 aromatic heterocycles. The lowest BCUT2D eigenvalue weighted by Gasteiger charge is -2.09. The lowest BCUT2D eigenvalue weighted by molar-refractivity contribution is 0.412. The second kappa shape index (κ2) is 3.96. The number of hydrogen-bond acceptors (Lipinski definition) is 3. The third-order valence-corrected chi connectivity index (χ3v) is 3.19. The molecule has 1 radical (unpaired) electrons. The van der Waals surface area contributed by atoms with Gasteiger partial charge in [-0.05, 0) is 0 Å². The van der Waals surface area contributed by atoms with Gasteiger partial charge in [-0.1, -0.05) is 40.9 Å². The fourth-order valence-electron chi connectivity index (χ4n) is 0.167. The molecule has 0 aromatic rings. The van der Waals surface area contributed by atoms with E-state index in [-0.39, 0.29) is 0 Å². The van der Waals surface area contributed by atoms with Crippen molar-refractivity contribution in [1.82, 2.24) is 0 Å². The highest BCUT2D eigenvalue weighted by Crippen LogP contribution is 2.34. The van der Waals surface area contributed by atoms with Gasteiger partial charge in [0.25, 0.3) is 0 Å². The number of rotatable bonds is 3. The molecule has 0 saturated heterocycles. The molecule has 0 aliphatic rings. The third kappa shape index (κ3) is 3.62. The Kier molecular flexibility index (Phi) is 4.15. The van der Waals surface area contributed by atoms with E-state index in [1.807, 2.05) is 0 Å². The summed E-state index contributed by atoms with van der Waals surface area (Å²) in [5.74, 6) is 0. The number of alkyl halides is 3. The van der Waals surface area contributed by atoms with Crippen LogP contribution < -0.4 is 0 Å². The van der Waals surface area contributed by atoms with Gasteiger partial charge in [0.1, 0.15) is 6.61 Å². The molecule has 0 aliphatic heterocycles. The fraction of sp³-hybridized carbons (Fsp3) is 0.250. The van der Waals surface area contributed by atoms with Crippen LogP contribution in [0.4, 0.5) is 0 Å². The van der Waals surface area contributed by atoms with Crippen molar-refractivity contribution in [3.63, 3.8) is 0 Å². The van der Waals surface area contributed by atoms with Gasteiger partial charge in [0.2, 0.25) is 0 Å². The van der Waals surface area contributed by atoms with Crippen LogP contribution in [-0.4, -0.2) is 11.5 Å². The van der Waals surface area contributed by atoms with E-state index in [9.17, 15) is 8.42 Å². The standard InChI is InChI=1S/C4H4Cl3O3S/c1-2-3-10-11(8,9)4(5,6)7/h2-3H,1H2. The molecule has 0 aliphatic carbocycles. The van der Waals surface area contributed by atoms with Crippen LogP contribution >= 0.6 is 34.8 Å². The van der Waals surface area contributed by atoms with Crippen LogP contribution in [0.1, 0.15) is 0 Å². The van der Waals surface area contributed by atoms with Crippen molar-refractivity contribution >= 4 is 44.9 Å². The molecule has 11 heavy (non-hydrogen) atoms. The lowest BCUT2D eigenvalue weighted by Crippen LogP contribution is -2.20. The Labute approximate surface area is 80.0 Å². The molecule has 0 saturated carbocycles. The highest BCUT2D eigenvalue weighted by molar-refractivity contribution is 7.92. The smallest absolute Gasteiger partial charge is 0.256 e. The van der Waals surface area contributed by atoms with Gasteiger partial charge >= 0.3 is 13.2 Å². The monoisotopic (exact) mass is 237 g/mol. The summed E-state index contributed by atoms with van der Waals surface area (Å²) in [6.45, 7) is 3.97. The highest BCUT2D eigenvalue weighted by atomic mass is 35.6. The van der Waals surface area contributed by atoms with Gasteiger partial charge in [-0.3, -0.25) is 4.18 Å². The summed E-state index contributed by atoms with van der Waals surface area (Å²) in [5.41, 5.74) is 0. The maximum Gasteiger partial charge on any atom is 0.318 e. The van der Waals surface area contributed by atoms with Gasteiger partial charge in [0, 0.05) is 0 Å². The average Bonchev–Trinajstić information content (AvgIpc) is 1.81. The summed E-state index contributed by atoms with van der Waals surface area (Å²) >= 11 is 15.1. The van der Waals surface area contributed by atoms with E-state index in [4.69, 9.17) is 34.8 Å². The van der Waals surface area contributed by atoms with Gasteiger partial charge in [-0.15, -0.1) is 6.58 Å². The van der Waals surface area contributed by atoms with Crippen LogP contribution in [0.25, 0.3) is 0 Å². The molecule has 0 bridgehead atoms. The van der Waals surface area contributed by atoms with Gasteiger partial charge in [-0.25, -0.2) is 0 Å². The molecular formula is C4H4Cl3O3S. The summed E-state index contributed by atoms with van der Waals surface area (Å²) in [6.07, 6.45) is 1.11. The van der Waals surface area contributed by atoms with E-state index < -0.39 is 13.2 Å². The minimum absolute atomic E-state index is 0.803. The minimum atomic E-state index is -4.19. The largest absolute Gasteiger partial charge is 0.318 e. The summed E-state index contributed by atoms with van der Waals surface area (Å²) in [4.78, 5) is 0. The first-order chi connectivity index (χ1) is 4.81. The molecule has 0 fully saturated rings. The first-order valence-corrected chi connectivity index (χ1v) is 4.79. The average molecular weight is 238 g/mol. The van der Waals surface area contributed by atoms with E-state index in [0.717, 1.165) is 12.7 Å². The van der Waals surface area contributed by atoms with E-state index in [1.54, 1.807) is 0 Å². The van der Waals surface area contributed by atoms with E-state index in [0.29, 0.717) is 0 Å². The van der Waals surface area contributed by atoms with Gasteiger partial charge in [-0.2, -0.15) is 8.42 Å². The zero-order valence-electron chi connectivity index (χ0n) is 5.13. The van der Waals surface area contributed by atoms with Crippen molar-refractivity contribution in [3.05, 3.63) is 19.3 Å².